The maximum absolute atomic E-state index is 11.6. The molecule has 0 bridgehead atoms. The number of ether oxygens (including phenoxy) is 1. The number of nitrogens with one attached hydrogen (secondary N) is 1. The van der Waals surface area contributed by atoms with Crippen LogP contribution < -0.4 is 10.1 Å². The molecule has 0 atom stereocenters. The number of methoxy groups -OCH3 is 1. The highest BCUT2D eigenvalue weighted by Crippen LogP contribution is 2.25. The van der Waals surface area contributed by atoms with Crippen LogP contribution in [-0.4, -0.2) is 22.9 Å². The minimum Gasteiger partial charge on any atom is -0.496 e. The van der Waals surface area contributed by atoms with Gasteiger partial charge in [-0.2, -0.15) is 0 Å². The molecular weight excluding hydrogens is 350 g/mol. The van der Waals surface area contributed by atoms with Gasteiger partial charge in [0.25, 0.3) is 0 Å². The fraction of sp³-hybridized carbons (Fsp3) is 0.150. The van der Waals surface area contributed by atoms with Gasteiger partial charge in [-0.05, 0) is 36.8 Å². The second kappa shape index (κ2) is 7.97. The molecule has 0 unspecified atom stereocenters. The SMILES string of the molecule is COc1cc(Nc2nccc(Cc3ccccc3Cl)n2)ccc1C(C)=O. The molecule has 0 saturated heterocycles. The smallest absolute Gasteiger partial charge is 0.227 e. The van der Waals surface area contributed by atoms with Gasteiger partial charge in [0.2, 0.25) is 5.95 Å². The first kappa shape index (κ1) is 17.9. The fourth-order valence-electron chi connectivity index (χ4n) is 2.58. The summed E-state index contributed by atoms with van der Waals surface area (Å²) in [4.78, 5) is 20.4. The minimum absolute atomic E-state index is 0.0496. The van der Waals surface area contributed by atoms with Crippen molar-refractivity contribution in [1.82, 2.24) is 9.97 Å². The molecule has 1 N–H and O–H groups in total. The summed E-state index contributed by atoms with van der Waals surface area (Å²) < 4.78 is 5.28. The van der Waals surface area contributed by atoms with E-state index in [1.807, 2.05) is 30.3 Å². The number of hydrogen-bond acceptors (Lipinski definition) is 5. The number of hydrogen-bond donors (Lipinski definition) is 1. The van der Waals surface area contributed by atoms with E-state index in [9.17, 15) is 4.79 Å². The molecule has 3 rings (SSSR count). The standard InChI is InChI=1S/C20H18ClN3O2/c1-13(25)17-8-7-15(12-19(17)26-2)23-20-22-10-9-16(24-20)11-14-5-3-4-6-18(14)21/h3-10,12H,11H2,1-2H3,(H,22,23,24). The van der Waals surface area contributed by atoms with Crippen molar-refractivity contribution in [3.05, 3.63) is 76.6 Å². The minimum atomic E-state index is -0.0496. The first-order chi connectivity index (χ1) is 12.6. The van der Waals surface area contributed by atoms with Crippen LogP contribution in [0.1, 0.15) is 28.5 Å². The zero-order valence-electron chi connectivity index (χ0n) is 14.5. The molecule has 0 aliphatic carbocycles. The molecule has 0 amide bonds. The first-order valence-electron chi connectivity index (χ1n) is 8.08. The predicted molar refractivity (Wildman–Crippen MR) is 103 cm³/mol. The Hall–Kier alpha value is -2.92. The summed E-state index contributed by atoms with van der Waals surface area (Å²) in [5.74, 6) is 0.924. The van der Waals surface area contributed by atoms with Gasteiger partial charge in [0.05, 0.1) is 18.4 Å². The third-order valence-electron chi connectivity index (χ3n) is 3.88. The zero-order chi connectivity index (χ0) is 18.5. The monoisotopic (exact) mass is 367 g/mol. The number of carbonyl (C=O) groups excluding carboxylic acids is 1. The third kappa shape index (κ3) is 4.18. The summed E-state index contributed by atoms with van der Waals surface area (Å²) in [5.41, 5.74) is 3.13. The van der Waals surface area contributed by atoms with Crippen LogP contribution >= 0.6 is 11.6 Å². The highest BCUT2D eigenvalue weighted by molar-refractivity contribution is 6.31. The summed E-state index contributed by atoms with van der Waals surface area (Å²) in [6.07, 6.45) is 2.31. The Morgan fingerprint density at radius 1 is 1.19 bits per heavy atom. The number of aromatic nitrogens is 2. The van der Waals surface area contributed by atoms with Gasteiger partial charge in [0.1, 0.15) is 5.75 Å². The number of anilines is 2. The van der Waals surface area contributed by atoms with Crippen LogP contribution in [0.4, 0.5) is 11.6 Å². The molecule has 5 nitrogen and oxygen atoms in total. The van der Waals surface area contributed by atoms with Gasteiger partial charge >= 0.3 is 0 Å². The third-order valence-corrected chi connectivity index (χ3v) is 4.25. The molecule has 3 aromatic rings. The van der Waals surface area contributed by atoms with E-state index in [1.165, 1.54) is 14.0 Å². The molecule has 0 radical (unpaired) electrons. The maximum atomic E-state index is 11.6. The van der Waals surface area contributed by atoms with Gasteiger partial charge in [-0.15, -0.1) is 0 Å². The van der Waals surface area contributed by atoms with E-state index in [4.69, 9.17) is 16.3 Å². The Labute approximate surface area is 157 Å². The Bertz CT molecular complexity index is 944. The van der Waals surface area contributed by atoms with Crippen molar-refractivity contribution in [3.63, 3.8) is 0 Å². The fourth-order valence-corrected chi connectivity index (χ4v) is 2.78. The van der Waals surface area contributed by atoms with Crippen LogP contribution in [-0.2, 0) is 6.42 Å². The molecular formula is C20H18ClN3O2. The van der Waals surface area contributed by atoms with Gasteiger partial charge in [-0.25, -0.2) is 9.97 Å². The lowest BCUT2D eigenvalue weighted by atomic mass is 10.1. The highest BCUT2D eigenvalue weighted by atomic mass is 35.5. The van der Waals surface area contributed by atoms with Crippen molar-refractivity contribution in [1.29, 1.82) is 0 Å². The molecule has 0 fully saturated rings. The largest absolute Gasteiger partial charge is 0.496 e. The zero-order valence-corrected chi connectivity index (χ0v) is 15.2. The second-order valence-corrected chi connectivity index (χ2v) is 6.14. The summed E-state index contributed by atoms with van der Waals surface area (Å²) in [5, 5.41) is 3.85. The van der Waals surface area contributed by atoms with Crippen LogP contribution in [0, 0.1) is 0 Å². The predicted octanol–water partition coefficient (Wildman–Crippen LogP) is 4.68. The molecule has 0 aliphatic heterocycles. The van der Waals surface area contributed by atoms with Gasteiger partial charge in [0, 0.05) is 29.4 Å². The van der Waals surface area contributed by atoms with Gasteiger partial charge in [-0.3, -0.25) is 4.79 Å². The van der Waals surface area contributed by atoms with Crippen molar-refractivity contribution < 1.29 is 9.53 Å². The van der Waals surface area contributed by atoms with Crippen LogP contribution in [0.15, 0.2) is 54.7 Å². The molecule has 26 heavy (non-hydrogen) atoms. The van der Waals surface area contributed by atoms with E-state index in [1.54, 1.807) is 24.4 Å². The lowest BCUT2D eigenvalue weighted by Gasteiger charge is -2.10. The normalized spacial score (nSPS) is 10.4. The molecule has 0 aliphatic rings. The van der Waals surface area contributed by atoms with E-state index in [0.29, 0.717) is 28.7 Å². The molecule has 6 heteroatoms. The average Bonchev–Trinajstić information content (AvgIpc) is 2.63. The van der Waals surface area contributed by atoms with Gasteiger partial charge in [-0.1, -0.05) is 29.8 Å². The number of Topliss-reactive ketones (excluding diaryl/α,β-unsaturated/α-hetero) is 1. The van der Waals surface area contributed by atoms with Crippen molar-refractivity contribution in [2.24, 2.45) is 0 Å². The van der Waals surface area contributed by atoms with Crippen LogP contribution in [0.2, 0.25) is 5.02 Å². The molecule has 0 spiro atoms. The lowest BCUT2D eigenvalue weighted by molar-refractivity contribution is 0.101. The number of rotatable bonds is 6. The number of halogens is 1. The van der Waals surface area contributed by atoms with E-state index in [-0.39, 0.29) is 5.78 Å². The van der Waals surface area contributed by atoms with E-state index in [0.717, 1.165) is 16.9 Å². The summed E-state index contributed by atoms with van der Waals surface area (Å²) in [6, 6.07) is 14.8. The first-order valence-corrected chi connectivity index (χ1v) is 8.46. The lowest BCUT2D eigenvalue weighted by Crippen LogP contribution is -2.02. The van der Waals surface area contributed by atoms with E-state index < -0.39 is 0 Å². The molecule has 132 valence electrons. The molecule has 1 aromatic heterocycles. The number of carbonyl (C=O) groups is 1. The second-order valence-electron chi connectivity index (χ2n) is 5.74. The van der Waals surface area contributed by atoms with E-state index >= 15 is 0 Å². The van der Waals surface area contributed by atoms with Crippen LogP contribution in [0.3, 0.4) is 0 Å². The highest BCUT2D eigenvalue weighted by Gasteiger charge is 2.10. The summed E-state index contributed by atoms with van der Waals surface area (Å²) >= 11 is 6.22. The van der Waals surface area contributed by atoms with E-state index in [2.05, 4.69) is 15.3 Å². The quantitative estimate of drug-likeness (QED) is 0.641. The molecule has 2 aromatic carbocycles. The van der Waals surface area contributed by atoms with Crippen LogP contribution in [0.25, 0.3) is 0 Å². The Morgan fingerprint density at radius 3 is 2.73 bits per heavy atom. The number of nitrogens with zero attached hydrogens (tertiary/aromatic N) is 2. The van der Waals surface area contributed by atoms with Crippen molar-refractivity contribution >= 4 is 29.0 Å². The van der Waals surface area contributed by atoms with Crippen molar-refractivity contribution in [3.8, 4) is 5.75 Å². The van der Waals surface area contributed by atoms with Crippen molar-refractivity contribution in [2.45, 2.75) is 13.3 Å². The number of ketones is 1. The molecule has 1 heterocycles. The van der Waals surface area contributed by atoms with Gasteiger partial charge in [0.15, 0.2) is 5.78 Å². The van der Waals surface area contributed by atoms with Gasteiger partial charge < -0.3 is 10.1 Å². The Balaban J connectivity index is 1.81. The Kier molecular flexibility index (Phi) is 5.49. The molecule has 0 saturated carbocycles. The summed E-state index contributed by atoms with van der Waals surface area (Å²) in [7, 11) is 1.53. The summed E-state index contributed by atoms with van der Waals surface area (Å²) in [6.45, 7) is 1.51. The maximum Gasteiger partial charge on any atom is 0.227 e. The number of benzene rings is 2. The van der Waals surface area contributed by atoms with Crippen molar-refractivity contribution in [2.75, 3.05) is 12.4 Å². The topological polar surface area (TPSA) is 64.1 Å². The average molecular weight is 368 g/mol. The Morgan fingerprint density at radius 2 is 2.00 bits per heavy atom. The van der Waals surface area contributed by atoms with Crippen LogP contribution in [0.5, 0.6) is 5.75 Å².